The van der Waals surface area contributed by atoms with E-state index in [4.69, 9.17) is 0 Å². The fraction of sp³-hybridized carbons (Fsp3) is 0.444. The van der Waals surface area contributed by atoms with Crippen LogP contribution in [0.3, 0.4) is 0 Å². The fourth-order valence-corrected chi connectivity index (χ4v) is 4.29. The van der Waals surface area contributed by atoms with Crippen LogP contribution in [0, 0.1) is 17.8 Å². The molecule has 23 heavy (non-hydrogen) atoms. The number of rotatable bonds is 4. The third-order valence-electron chi connectivity index (χ3n) is 5.44. The van der Waals surface area contributed by atoms with Crippen molar-refractivity contribution in [1.29, 1.82) is 0 Å². The largest absolute Gasteiger partial charge is 0.396 e. The highest BCUT2D eigenvalue weighted by Gasteiger charge is 2.47. The predicted octanol–water partition coefficient (Wildman–Crippen LogP) is 2.01. The van der Waals surface area contributed by atoms with Crippen LogP contribution in [-0.2, 0) is 0 Å². The summed E-state index contributed by atoms with van der Waals surface area (Å²) in [7, 11) is 0. The molecule has 120 valence electrons. The van der Waals surface area contributed by atoms with Crippen molar-refractivity contribution in [3.8, 4) is 5.69 Å². The van der Waals surface area contributed by atoms with Crippen LogP contribution >= 0.6 is 0 Å². The van der Waals surface area contributed by atoms with Crippen LogP contribution in [0.25, 0.3) is 5.69 Å². The number of nitrogens with one attached hydrogen (secondary N) is 1. The van der Waals surface area contributed by atoms with Crippen molar-refractivity contribution in [3.05, 3.63) is 48.3 Å². The molecule has 2 bridgehead atoms. The first-order valence-electron chi connectivity index (χ1n) is 8.29. The van der Waals surface area contributed by atoms with Crippen molar-refractivity contribution in [3.63, 3.8) is 0 Å². The predicted molar refractivity (Wildman–Crippen MR) is 86.2 cm³/mol. The number of benzene rings is 1. The Hall–Kier alpha value is -2.14. The molecule has 1 amide bonds. The van der Waals surface area contributed by atoms with Gasteiger partial charge >= 0.3 is 0 Å². The molecule has 2 aliphatic carbocycles. The van der Waals surface area contributed by atoms with Crippen molar-refractivity contribution in [2.24, 2.45) is 17.8 Å². The zero-order valence-corrected chi connectivity index (χ0v) is 12.9. The molecule has 1 heterocycles. The minimum Gasteiger partial charge on any atom is -0.396 e. The summed E-state index contributed by atoms with van der Waals surface area (Å²) in [6.07, 6.45) is 5.28. The van der Waals surface area contributed by atoms with E-state index < -0.39 is 0 Å². The van der Waals surface area contributed by atoms with Crippen LogP contribution in [0.1, 0.15) is 29.8 Å². The van der Waals surface area contributed by atoms with Crippen molar-refractivity contribution in [2.75, 3.05) is 6.61 Å². The Kier molecular flexibility index (Phi) is 3.65. The highest BCUT2D eigenvalue weighted by molar-refractivity contribution is 5.92. The van der Waals surface area contributed by atoms with Crippen LogP contribution < -0.4 is 5.32 Å². The van der Waals surface area contributed by atoms with E-state index in [0.29, 0.717) is 17.5 Å². The van der Waals surface area contributed by atoms with Gasteiger partial charge in [0.2, 0.25) is 0 Å². The van der Waals surface area contributed by atoms with E-state index in [1.807, 2.05) is 30.3 Å². The Labute approximate surface area is 135 Å². The number of aliphatic hydroxyl groups excluding tert-OH is 1. The Morgan fingerprint density at radius 3 is 2.78 bits per heavy atom. The van der Waals surface area contributed by atoms with E-state index in [9.17, 15) is 9.90 Å². The standard InChI is InChI=1S/C18H21N3O2/c22-11-15-12-6-7-13(10-12)17(15)19-18(23)16-8-9-21(20-16)14-4-2-1-3-5-14/h1-5,8-9,12-13,15,17,22H,6-7,10-11H2,(H,19,23). The number of amides is 1. The fourth-order valence-electron chi connectivity index (χ4n) is 4.29. The van der Waals surface area contributed by atoms with Gasteiger partial charge in [-0.3, -0.25) is 4.79 Å². The minimum absolute atomic E-state index is 0.0909. The van der Waals surface area contributed by atoms with Gasteiger partial charge in [0.1, 0.15) is 0 Å². The molecular weight excluding hydrogens is 290 g/mol. The first-order valence-corrected chi connectivity index (χ1v) is 8.29. The molecule has 0 saturated heterocycles. The van der Waals surface area contributed by atoms with Crippen LogP contribution in [0.4, 0.5) is 0 Å². The molecule has 2 aliphatic rings. The molecular formula is C18H21N3O2. The smallest absolute Gasteiger partial charge is 0.272 e. The number of aromatic nitrogens is 2. The molecule has 2 N–H and O–H groups in total. The summed E-state index contributed by atoms with van der Waals surface area (Å²) in [6, 6.07) is 11.6. The number of fused-ring (bicyclic) bond motifs is 2. The van der Waals surface area contributed by atoms with Gasteiger partial charge in [-0.1, -0.05) is 18.2 Å². The first-order chi connectivity index (χ1) is 11.3. The number of carbonyl (C=O) groups excluding carboxylic acids is 1. The topological polar surface area (TPSA) is 67.2 Å². The SMILES string of the molecule is O=C(NC1C2CCC(C2)C1CO)c1ccn(-c2ccccc2)n1. The summed E-state index contributed by atoms with van der Waals surface area (Å²) in [6.45, 7) is 0.157. The maximum absolute atomic E-state index is 12.5. The van der Waals surface area contributed by atoms with Gasteiger partial charge in [-0.05, 0) is 49.3 Å². The maximum atomic E-state index is 12.5. The zero-order valence-electron chi connectivity index (χ0n) is 12.9. The summed E-state index contributed by atoms with van der Waals surface area (Å²) >= 11 is 0. The van der Waals surface area contributed by atoms with Gasteiger partial charge in [-0.15, -0.1) is 0 Å². The van der Waals surface area contributed by atoms with Gasteiger partial charge in [0, 0.05) is 24.8 Å². The third-order valence-corrected chi connectivity index (χ3v) is 5.44. The number of para-hydroxylation sites is 1. The van der Waals surface area contributed by atoms with Crippen molar-refractivity contribution < 1.29 is 9.90 Å². The van der Waals surface area contributed by atoms with Crippen LogP contribution in [0.15, 0.2) is 42.6 Å². The maximum Gasteiger partial charge on any atom is 0.272 e. The lowest BCUT2D eigenvalue weighted by Gasteiger charge is -2.30. The van der Waals surface area contributed by atoms with Crippen molar-refractivity contribution in [2.45, 2.75) is 25.3 Å². The van der Waals surface area contributed by atoms with Crippen molar-refractivity contribution >= 4 is 5.91 Å². The van der Waals surface area contributed by atoms with E-state index in [1.54, 1.807) is 16.9 Å². The van der Waals surface area contributed by atoms with E-state index in [-0.39, 0.29) is 24.5 Å². The second-order valence-electron chi connectivity index (χ2n) is 6.66. The average Bonchev–Trinajstić information content (AvgIpc) is 3.31. The van der Waals surface area contributed by atoms with Gasteiger partial charge in [-0.25, -0.2) is 4.68 Å². The van der Waals surface area contributed by atoms with E-state index in [2.05, 4.69) is 10.4 Å². The Balaban J connectivity index is 1.49. The van der Waals surface area contributed by atoms with Gasteiger partial charge in [0.25, 0.3) is 5.91 Å². The minimum atomic E-state index is -0.143. The van der Waals surface area contributed by atoms with Gasteiger partial charge in [0.15, 0.2) is 5.69 Å². The number of hydrogen-bond donors (Lipinski definition) is 2. The molecule has 1 aromatic heterocycles. The van der Waals surface area contributed by atoms with Crippen LogP contribution in [0.2, 0.25) is 0 Å². The number of nitrogens with zero attached hydrogens (tertiary/aromatic N) is 2. The molecule has 2 saturated carbocycles. The molecule has 5 heteroatoms. The highest BCUT2D eigenvalue weighted by Crippen LogP contribution is 2.48. The molecule has 1 aromatic carbocycles. The van der Waals surface area contributed by atoms with Crippen LogP contribution in [0.5, 0.6) is 0 Å². The van der Waals surface area contributed by atoms with E-state index >= 15 is 0 Å². The Morgan fingerprint density at radius 1 is 1.22 bits per heavy atom. The monoisotopic (exact) mass is 311 g/mol. The molecule has 5 nitrogen and oxygen atoms in total. The van der Waals surface area contributed by atoms with Gasteiger partial charge < -0.3 is 10.4 Å². The summed E-state index contributed by atoms with van der Waals surface area (Å²) in [5.74, 6) is 1.14. The average molecular weight is 311 g/mol. The summed E-state index contributed by atoms with van der Waals surface area (Å²) in [4.78, 5) is 12.5. The first kappa shape index (κ1) is 14.5. The van der Waals surface area contributed by atoms with E-state index in [1.165, 1.54) is 6.42 Å². The lowest BCUT2D eigenvalue weighted by Crippen LogP contribution is -2.45. The third kappa shape index (κ3) is 2.55. The molecule has 2 fully saturated rings. The number of aliphatic hydroxyl groups is 1. The number of carbonyl (C=O) groups is 1. The van der Waals surface area contributed by atoms with Gasteiger partial charge in [0.05, 0.1) is 5.69 Å². The Morgan fingerprint density at radius 2 is 2.00 bits per heavy atom. The molecule has 0 aliphatic heterocycles. The zero-order chi connectivity index (χ0) is 15.8. The molecule has 4 atom stereocenters. The van der Waals surface area contributed by atoms with E-state index in [0.717, 1.165) is 18.5 Å². The molecule has 0 spiro atoms. The normalized spacial score (nSPS) is 28.9. The van der Waals surface area contributed by atoms with Crippen molar-refractivity contribution in [1.82, 2.24) is 15.1 Å². The molecule has 4 unspecified atom stereocenters. The lowest BCUT2D eigenvalue weighted by molar-refractivity contribution is 0.0856. The summed E-state index contributed by atoms with van der Waals surface area (Å²) < 4.78 is 1.71. The summed E-state index contributed by atoms with van der Waals surface area (Å²) in [5, 5.41) is 17.1. The second kappa shape index (κ2) is 5.81. The quantitative estimate of drug-likeness (QED) is 0.907. The summed E-state index contributed by atoms with van der Waals surface area (Å²) in [5.41, 5.74) is 1.35. The lowest BCUT2D eigenvalue weighted by atomic mass is 9.85. The Bertz CT molecular complexity index is 697. The van der Waals surface area contributed by atoms with Crippen LogP contribution in [-0.4, -0.2) is 33.4 Å². The molecule has 0 radical (unpaired) electrons. The van der Waals surface area contributed by atoms with Gasteiger partial charge in [-0.2, -0.15) is 5.10 Å². The molecule has 4 rings (SSSR count). The molecule has 2 aromatic rings. The number of hydrogen-bond acceptors (Lipinski definition) is 3. The highest BCUT2D eigenvalue weighted by atomic mass is 16.3. The second-order valence-corrected chi connectivity index (χ2v) is 6.66.